The molecule has 0 saturated carbocycles. The van der Waals surface area contributed by atoms with Gasteiger partial charge in [-0.3, -0.25) is 0 Å². The van der Waals surface area contributed by atoms with Gasteiger partial charge in [-0.15, -0.1) is 0 Å². The maximum atomic E-state index is 4.07. The van der Waals surface area contributed by atoms with Crippen LogP contribution in [0.1, 0.15) is 5.56 Å². The summed E-state index contributed by atoms with van der Waals surface area (Å²) in [6, 6.07) is 8.25. The van der Waals surface area contributed by atoms with E-state index in [1.165, 1.54) is 5.56 Å². The lowest BCUT2D eigenvalue weighted by Crippen LogP contribution is -2.10. The zero-order valence-corrected chi connectivity index (χ0v) is 8.96. The average Bonchev–Trinajstić information content (AvgIpc) is 2.71. The van der Waals surface area contributed by atoms with Crippen molar-refractivity contribution in [3.05, 3.63) is 42.2 Å². The SMILES string of the molecule is CN(C)Cc1ccc(-n2nccn2)cc1. The molecule has 0 bridgehead atoms. The molecule has 0 N–H and O–H groups in total. The second kappa shape index (κ2) is 4.23. The summed E-state index contributed by atoms with van der Waals surface area (Å²) in [5, 5.41) is 8.14. The number of hydrogen-bond donors (Lipinski definition) is 0. The van der Waals surface area contributed by atoms with Gasteiger partial charge >= 0.3 is 0 Å². The van der Waals surface area contributed by atoms with Crippen LogP contribution in [-0.2, 0) is 6.54 Å². The average molecular weight is 202 g/mol. The lowest BCUT2D eigenvalue weighted by Gasteiger charge is -2.09. The van der Waals surface area contributed by atoms with E-state index in [0.717, 1.165) is 12.2 Å². The number of rotatable bonds is 3. The van der Waals surface area contributed by atoms with Gasteiger partial charge in [0.05, 0.1) is 18.1 Å². The van der Waals surface area contributed by atoms with E-state index in [1.54, 1.807) is 17.2 Å². The Morgan fingerprint density at radius 1 is 1.07 bits per heavy atom. The highest BCUT2D eigenvalue weighted by Gasteiger charge is 1.98. The minimum atomic E-state index is 0.951. The van der Waals surface area contributed by atoms with Crippen molar-refractivity contribution in [1.29, 1.82) is 0 Å². The van der Waals surface area contributed by atoms with Crippen LogP contribution in [0.4, 0.5) is 0 Å². The highest BCUT2D eigenvalue weighted by atomic mass is 15.5. The summed E-state index contributed by atoms with van der Waals surface area (Å²) in [6.45, 7) is 0.951. The van der Waals surface area contributed by atoms with Crippen LogP contribution in [0.15, 0.2) is 36.7 Å². The molecule has 0 aliphatic heterocycles. The van der Waals surface area contributed by atoms with E-state index in [4.69, 9.17) is 0 Å². The van der Waals surface area contributed by atoms with Gasteiger partial charge in [0.1, 0.15) is 0 Å². The molecule has 0 aliphatic carbocycles. The number of aromatic nitrogens is 3. The largest absolute Gasteiger partial charge is 0.305 e. The summed E-state index contributed by atoms with van der Waals surface area (Å²) in [5.41, 5.74) is 2.28. The number of benzene rings is 1. The zero-order chi connectivity index (χ0) is 10.7. The van der Waals surface area contributed by atoms with Crippen molar-refractivity contribution in [1.82, 2.24) is 19.9 Å². The standard InChI is InChI=1S/C11H14N4/c1-14(2)9-10-3-5-11(6-4-10)15-12-7-8-13-15/h3-8H,9H2,1-2H3. The van der Waals surface area contributed by atoms with Crippen molar-refractivity contribution in [2.24, 2.45) is 0 Å². The van der Waals surface area contributed by atoms with E-state index in [-0.39, 0.29) is 0 Å². The van der Waals surface area contributed by atoms with Gasteiger partial charge in [0.25, 0.3) is 0 Å². The lowest BCUT2D eigenvalue weighted by atomic mass is 10.2. The van der Waals surface area contributed by atoms with E-state index in [9.17, 15) is 0 Å². The van der Waals surface area contributed by atoms with Crippen LogP contribution in [0.2, 0.25) is 0 Å². The second-order valence-corrected chi connectivity index (χ2v) is 3.72. The van der Waals surface area contributed by atoms with E-state index >= 15 is 0 Å². The summed E-state index contributed by atoms with van der Waals surface area (Å²) < 4.78 is 0. The molecule has 1 heterocycles. The van der Waals surface area contributed by atoms with Crippen molar-refractivity contribution in [3.8, 4) is 5.69 Å². The molecule has 1 aromatic carbocycles. The van der Waals surface area contributed by atoms with Gasteiger partial charge < -0.3 is 4.90 Å². The van der Waals surface area contributed by atoms with Crippen LogP contribution in [0.5, 0.6) is 0 Å². The maximum absolute atomic E-state index is 4.07. The Morgan fingerprint density at radius 3 is 2.20 bits per heavy atom. The Balaban J connectivity index is 2.17. The smallest absolute Gasteiger partial charge is 0.0856 e. The molecule has 0 fully saturated rings. The van der Waals surface area contributed by atoms with E-state index in [2.05, 4.69) is 41.3 Å². The van der Waals surface area contributed by atoms with Crippen molar-refractivity contribution in [3.63, 3.8) is 0 Å². The number of hydrogen-bond acceptors (Lipinski definition) is 3. The van der Waals surface area contributed by atoms with Gasteiger partial charge in [0, 0.05) is 6.54 Å². The molecule has 15 heavy (non-hydrogen) atoms. The fourth-order valence-electron chi connectivity index (χ4n) is 1.45. The van der Waals surface area contributed by atoms with Gasteiger partial charge in [-0.05, 0) is 31.8 Å². The molecule has 0 aliphatic rings. The highest BCUT2D eigenvalue weighted by molar-refractivity contribution is 5.32. The molecule has 2 rings (SSSR count). The van der Waals surface area contributed by atoms with Crippen LogP contribution < -0.4 is 0 Å². The molecule has 0 atom stereocenters. The Labute approximate surface area is 89.1 Å². The fourth-order valence-corrected chi connectivity index (χ4v) is 1.45. The Kier molecular flexibility index (Phi) is 2.78. The predicted molar refractivity (Wildman–Crippen MR) is 58.8 cm³/mol. The third kappa shape index (κ3) is 2.41. The summed E-state index contributed by atoms with van der Waals surface area (Å²) in [7, 11) is 4.12. The van der Waals surface area contributed by atoms with Crippen molar-refractivity contribution in [2.75, 3.05) is 14.1 Å². The van der Waals surface area contributed by atoms with Crippen molar-refractivity contribution >= 4 is 0 Å². The maximum Gasteiger partial charge on any atom is 0.0856 e. The molecule has 4 heteroatoms. The Hall–Kier alpha value is -1.68. The first-order valence-corrected chi connectivity index (χ1v) is 4.86. The fraction of sp³-hybridized carbons (Fsp3) is 0.273. The molecule has 0 amide bonds. The summed E-state index contributed by atoms with van der Waals surface area (Å²) in [4.78, 5) is 3.75. The molecule has 0 radical (unpaired) electrons. The van der Waals surface area contributed by atoms with Crippen molar-refractivity contribution < 1.29 is 0 Å². The van der Waals surface area contributed by atoms with Gasteiger partial charge in [-0.1, -0.05) is 12.1 Å². The van der Waals surface area contributed by atoms with Gasteiger partial charge in [-0.2, -0.15) is 15.0 Å². The monoisotopic (exact) mass is 202 g/mol. The summed E-state index contributed by atoms with van der Waals surface area (Å²) in [5.74, 6) is 0. The first kappa shape index (κ1) is 9.86. The zero-order valence-electron chi connectivity index (χ0n) is 8.96. The molecule has 0 unspecified atom stereocenters. The van der Waals surface area contributed by atoms with Gasteiger partial charge in [0.15, 0.2) is 0 Å². The first-order chi connectivity index (χ1) is 7.25. The predicted octanol–water partition coefficient (Wildman–Crippen LogP) is 1.33. The number of nitrogens with zero attached hydrogens (tertiary/aromatic N) is 4. The van der Waals surface area contributed by atoms with Gasteiger partial charge in [-0.25, -0.2) is 0 Å². The molecule has 78 valence electrons. The molecule has 1 aromatic heterocycles. The van der Waals surface area contributed by atoms with E-state index in [1.807, 2.05) is 12.1 Å². The van der Waals surface area contributed by atoms with Crippen LogP contribution in [0.3, 0.4) is 0 Å². The highest BCUT2D eigenvalue weighted by Crippen LogP contribution is 2.08. The second-order valence-electron chi connectivity index (χ2n) is 3.72. The topological polar surface area (TPSA) is 34.0 Å². The Bertz CT molecular complexity index is 403. The van der Waals surface area contributed by atoms with Crippen LogP contribution in [-0.4, -0.2) is 34.0 Å². The molecule has 4 nitrogen and oxygen atoms in total. The summed E-state index contributed by atoms with van der Waals surface area (Å²) in [6.07, 6.45) is 3.35. The van der Waals surface area contributed by atoms with Crippen LogP contribution >= 0.6 is 0 Å². The van der Waals surface area contributed by atoms with Crippen LogP contribution in [0.25, 0.3) is 5.69 Å². The third-order valence-electron chi connectivity index (χ3n) is 2.08. The molecule has 0 spiro atoms. The minimum Gasteiger partial charge on any atom is -0.305 e. The summed E-state index contributed by atoms with van der Waals surface area (Å²) >= 11 is 0. The van der Waals surface area contributed by atoms with E-state index < -0.39 is 0 Å². The normalized spacial score (nSPS) is 10.9. The van der Waals surface area contributed by atoms with Crippen LogP contribution in [0, 0.1) is 0 Å². The van der Waals surface area contributed by atoms with Crippen molar-refractivity contribution in [2.45, 2.75) is 6.54 Å². The molecule has 0 saturated heterocycles. The van der Waals surface area contributed by atoms with E-state index in [0.29, 0.717) is 0 Å². The molecular weight excluding hydrogens is 188 g/mol. The minimum absolute atomic E-state index is 0.951. The molecular formula is C11H14N4. The lowest BCUT2D eigenvalue weighted by molar-refractivity contribution is 0.402. The first-order valence-electron chi connectivity index (χ1n) is 4.86. The third-order valence-corrected chi connectivity index (χ3v) is 2.08. The molecule has 2 aromatic rings. The quantitative estimate of drug-likeness (QED) is 0.753. The Morgan fingerprint density at radius 2 is 1.67 bits per heavy atom. The van der Waals surface area contributed by atoms with Gasteiger partial charge in [0.2, 0.25) is 0 Å².